The molecule has 0 spiro atoms. The van der Waals surface area contributed by atoms with Gasteiger partial charge in [0.05, 0.1) is 22.8 Å². The van der Waals surface area contributed by atoms with E-state index < -0.39 is 16.8 Å². The highest BCUT2D eigenvalue weighted by Gasteiger charge is 2.45. The summed E-state index contributed by atoms with van der Waals surface area (Å²) in [6, 6.07) is 1.58. The molecule has 3 rings (SSSR count). The van der Waals surface area contributed by atoms with Crippen LogP contribution < -0.4 is 4.65 Å². The number of hydrogen-bond donors (Lipinski definition) is 0. The maximum absolute atomic E-state index is 13.1. The molecule has 22 heavy (non-hydrogen) atoms. The SMILES string of the molecule is Cc1coc(C(=O)OC2CN(C)C[N+]2([O-])c2ncc(Br)s2)c1. The molecule has 0 aromatic carbocycles. The summed E-state index contributed by atoms with van der Waals surface area (Å²) in [5.41, 5.74) is 0.822. The van der Waals surface area contributed by atoms with Crippen LogP contribution in [0.25, 0.3) is 0 Å². The third-order valence-corrected chi connectivity index (χ3v) is 4.94. The molecule has 1 aliphatic rings. The number of ether oxygens (including phenoxy) is 1. The van der Waals surface area contributed by atoms with Crippen molar-refractivity contribution in [2.45, 2.75) is 13.2 Å². The zero-order valence-corrected chi connectivity index (χ0v) is 14.4. The first-order valence-corrected chi connectivity index (χ1v) is 8.15. The predicted molar refractivity (Wildman–Crippen MR) is 85.1 cm³/mol. The Kier molecular flexibility index (Phi) is 4.08. The summed E-state index contributed by atoms with van der Waals surface area (Å²) in [4.78, 5) is 18.1. The van der Waals surface area contributed by atoms with Gasteiger partial charge in [-0.1, -0.05) is 0 Å². The number of furan rings is 1. The van der Waals surface area contributed by atoms with E-state index in [4.69, 9.17) is 9.15 Å². The molecule has 1 aliphatic heterocycles. The van der Waals surface area contributed by atoms with Crippen LogP contribution in [0, 0.1) is 12.1 Å². The van der Waals surface area contributed by atoms with Crippen LogP contribution in [0.2, 0.25) is 0 Å². The largest absolute Gasteiger partial charge is 0.622 e. The van der Waals surface area contributed by atoms with Crippen LogP contribution in [-0.2, 0) is 4.74 Å². The van der Waals surface area contributed by atoms with Crippen LogP contribution in [0.15, 0.2) is 26.7 Å². The van der Waals surface area contributed by atoms with E-state index in [2.05, 4.69) is 20.9 Å². The van der Waals surface area contributed by atoms with Crippen molar-refractivity contribution in [2.75, 3.05) is 20.3 Å². The Balaban J connectivity index is 1.83. The first-order chi connectivity index (χ1) is 10.4. The van der Waals surface area contributed by atoms with E-state index >= 15 is 0 Å². The molecule has 0 bridgehead atoms. The van der Waals surface area contributed by atoms with E-state index in [0.717, 1.165) is 9.35 Å². The summed E-state index contributed by atoms with van der Waals surface area (Å²) in [5.74, 6) is -0.540. The highest BCUT2D eigenvalue weighted by Crippen LogP contribution is 2.36. The molecule has 7 nitrogen and oxygen atoms in total. The summed E-state index contributed by atoms with van der Waals surface area (Å²) in [6.45, 7) is 2.33. The third kappa shape index (κ3) is 2.82. The number of aromatic nitrogens is 1. The highest BCUT2D eigenvalue weighted by molar-refractivity contribution is 9.11. The lowest BCUT2D eigenvalue weighted by Gasteiger charge is -2.38. The molecular formula is C13H14BrN3O4S. The maximum atomic E-state index is 13.1. The molecule has 2 aromatic heterocycles. The van der Waals surface area contributed by atoms with Gasteiger partial charge in [0.15, 0.2) is 0 Å². The van der Waals surface area contributed by atoms with Crippen LogP contribution in [0.4, 0.5) is 5.13 Å². The Bertz CT molecular complexity index is 703. The van der Waals surface area contributed by atoms with E-state index in [1.54, 1.807) is 19.3 Å². The number of nitrogens with zero attached hydrogens (tertiary/aromatic N) is 3. The molecule has 118 valence electrons. The Morgan fingerprint density at radius 3 is 3.05 bits per heavy atom. The van der Waals surface area contributed by atoms with Crippen molar-refractivity contribution in [3.8, 4) is 0 Å². The number of quaternary nitrogens is 1. The molecule has 0 aliphatic carbocycles. The van der Waals surface area contributed by atoms with E-state index in [1.165, 1.54) is 17.6 Å². The second kappa shape index (κ2) is 5.74. The first kappa shape index (κ1) is 15.6. The molecule has 3 heterocycles. The number of esters is 1. The molecule has 0 amide bonds. The molecule has 2 atom stereocenters. The minimum absolute atomic E-state index is 0.0962. The van der Waals surface area contributed by atoms with Crippen LogP contribution in [-0.4, -0.2) is 42.3 Å². The first-order valence-electron chi connectivity index (χ1n) is 6.54. The van der Waals surface area contributed by atoms with Crippen molar-refractivity contribution in [2.24, 2.45) is 0 Å². The third-order valence-electron chi connectivity index (χ3n) is 3.35. The molecule has 0 radical (unpaired) electrons. The topological polar surface area (TPSA) is 78.6 Å². The number of thiazole rings is 1. The second-order valence-corrected chi connectivity index (χ2v) is 7.66. The predicted octanol–water partition coefficient (Wildman–Crippen LogP) is 2.70. The van der Waals surface area contributed by atoms with Gasteiger partial charge in [-0.3, -0.25) is 4.65 Å². The number of halogens is 1. The highest BCUT2D eigenvalue weighted by atomic mass is 79.9. The Morgan fingerprint density at radius 1 is 1.68 bits per heavy atom. The van der Waals surface area contributed by atoms with Gasteiger partial charge in [-0.05, 0) is 52.9 Å². The average molecular weight is 388 g/mol. The Morgan fingerprint density at radius 2 is 2.45 bits per heavy atom. The fourth-order valence-electron chi connectivity index (χ4n) is 2.35. The Labute approximate surface area is 139 Å². The van der Waals surface area contributed by atoms with Crippen molar-refractivity contribution in [3.63, 3.8) is 0 Å². The van der Waals surface area contributed by atoms with Crippen LogP contribution in [0.1, 0.15) is 16.1 Å². The summed E-state index contributed by atoms with van der Waals surface area (Å²) in [5, 5.41) is 13.5. The molecular weight excluding hydrogens is 374 g/mol. The van der Waals surface area contributed by atoms with Crippen molar-refractivity contribution in [1.29, 1.82) is 0 Å². The number of hydrogen-bond acceptors (Lipinski definition) is 7. The van der Waals surface area contributed by atoms with Gasteiger partial charge in [-0.2, -0.15) is 4.98 Å². The van der Waals surface area contributed by atoms with Gasteiger partial charge in [-0.25, -0.2) is 9.69 Å². The summed E-state index contributed by atoms with van der Waals surface area (Å²) < 4.78 is 10.5. The Hall–Kier alpha value is -1.26. The summed E-state index contributed by atoms with van der Waals surface area (Å²) in [7, 11) is 1.80. The molecule has 0 saturated carbocycles. The van der Waals surface area contributed by atoms with Crippen molar-refractivity contribution in [3.05, 3.63) is 38.8 Å². The fourth-order valence-corrected chi connectivity index (χ4v) is 3.60. The number of carbonyl (C=O) groups excluding carboxylic acids is 1. The molecule has 2 unspecified atom stereocenters. The molecule has 1 saturated heterocycles. The number of carbonyl (C=O) groups is 1. The van der Waals surface area contributed by atoms with Gasteiger partial charge in [-0.15, -0.1) is 0 Å². The monoisotopic (exact) mass is 387 g/mol. The lowest BCUT2D eigenvalue weighted by Crippen LogP contribution is -2.50. The van der Waals surface area contributed by atoms with Gasteiger partial charge in [0.2, 0.25) is 5.76 Å². The number of hydroxylamine groups is 2. The zero-order chi connectivity index (χ0) is 15.9. The lowest BCUT2D eigenvalue weighted by atomic mass is 10.3. The smallest absolute Gasteiger partial charge is 0.378 e. The van der Waals surface area contributed by atoms with Gasteiger partial charge in [0.1, 0.15) is 6.67 Å². The van der Waals surface area contributed by atoms with Crippen LogP contribution >= 0.6 is 27.3 Å². The van der Waals surface area contributed by atoms with E-state index in [9.17, 15) is 10.0 Å². The quantitative estimate of drug-likeness (QED) is 0.457. The lowest BCUT2D eigenvalue weighted by molar-refractivity contribution is 0.00257. The zero-order valence-electron chi connectivity index (χ0n) is 12.0. The number of aryl methyl sites for hydroxylation is 1. The van der Waals surface area contributed by atoms with Gasteiger partial charge in [0, 0.05) is 0 Å². The minimum Gasteiger partial charge on any atom is -0.622 e. The van der Waals surface area contributed by atoms with Gasteiger partial charge >= 0.3 is 5.97 Å². The summed E-state index contributed by atoms with van der Waals surface area (Å²) in [6.07, 6.45) is 2.17. The van der Waals surface area contributed by atoms with Crippen LogP contribution in [0.5, 0.6) is 0 Å². The average Bonchev–Trinajstić information content (AvgIpc) is 3.12. The molecule has 1 fully saturated rings. The molecule has 2 aromatic rings. The minimum atomic E-state index is -0.874. The number of likely N-dealkylation sites (N-methyl/N-ethyl adjacent to an activating group) is 1. The van der Waals surface area contributed by atoms with E-state index in [0.29, 0.717) is 11.7 Å². The standard InChI is InChI=1S/C13H14BrN3O4S/c1-8-3-9(20-6-8)12(18)21-11-5-16(2)7-17(11,19)13-15-4-10(14)22-13/h3-4,6,11H,5,7H2,1-2H3. The van der Waals surface area contributed by atoms with E-state index in [1.807, 2.05) is 11.8 Å². The molecule has 9 heteroatoms. The molecule has 0 N–H and O–H groups in total. The normalized spacial score (nSPS) is 25.5. The second-order valence-electron chi connectivity index (χ2n) is 5.27. The maximum Gasteiger partial charge on any atom is 0.378 e. The van der Waals surface area contributed by atoms with Gasteiger partial charge in [0.25, 0.3) is 11.4 Å². The van der Waals surface area contributed by atoms with Crippen molar-refractivity contribution >= 4 is 38.4 Å². The van der Waals surface area contributed by atoms with Crippen molar-refractivity contribution in [1.82, 2.24) is 14.5 Å². The fraction of sp³-hybridized carbons (Fsp3) is 0.385. The van der Waals surface area contributed by atoms with Gasteiger partial charge < -0.3 is 14.4 Å². The summed E-state index contributed by atoms with van der Waals surface area (Å²) >= 11 is 4.54. The van der Waals surface area contributed by atoms with Crippen molar-refractivity contribution < 1.29 is 13.9 Å². The number of rotatable bonds is 3. The van der Waals surface area contributed by atoms with E-state index in [-0.39, 0.29) is 12.4 Å². The van der Waals surface area contributed by atoms with Crippen LogP contribution in [0.3, 0.4) is 0 Å².